The third-order valence-corrected chi connectivity index (χ3v) is 5.26. The molecule has 0 spiro atoms. The largest absolute Gasteiger partial charge is 0.494 e. The zero-order valence-corrected chi connectivity index (χ0v) is 16.8. The van der Waals surface area contributed by atoms with Crippen LogP contribution < -0.4 is 10.1 Å². The van der Waals surface area contributed by atoms with E-state index in [1.165, 1.54) is 5.56 Å². The van der Waals surface area contributed by atoms with E-state index in [0.29, 0.717) is 13.2 Å². The Balaban J connectivity index is 1.69. The number of nitrogens with one attached hydrogen (secondary N) is 1. The summed E-state index contributed by atoms with van der Waals surface area (Å²) in [5.74, 6) is 0.766. The summed E-state index contributed by atoms with van der Waals surface area (Å²) in [6.45, 7) is 6.76. The first-order valence-electron chi connectivity index (χ1n) is 9.86. The molecule has 2 aromatic carbocycles. The van der Waals surface area contributed by atoms with Gasteiger partial charge in [-0.2, -0.15) is 0 Å². The first-order valence-corrected chi connectivity index (χ1v) is 9.86. The number of hydrogen-bond acceptors (Lipinski definition) is 3. The minimum Gasteiger partial charge on any atom is -0.494 e. The molecule has 1 heterocycles. The van der Waals surface area contributed by atoms with Gasteiger partial charge in [-0.25, -0.2) is 0 Å². The number of fused-ring (bicyclic) bond motifs is 1. The van der Waals surface area contributed by atoms with Gasteiger partial charge in [-0.15, -0.1) is 0 Å². The molecule has 0 saturated carbocycles. The highest BCUT2D eigenvalue weighted by Gasteiger charge is 2.30. The van der Waals surface area contributed by atoms with Crippen LogP contribution in [0.5, 0.6) is 5.75 Å². The van der Waals surface area contributed by atoms with Crippen molar-refractivity contribution in [2.75, 3.05) is 13.2 Å². The van der Waals surface area contributed by atoms with E-state index >= 15 is 0 Å². The molecule has 2 aromatic rings. The van der Waals surface area contributed by atoms with Crippen LogP contribution in [-0.4, -0.2) is 29.9 Å². The molecule has 5 nitrogen and oxygen atoms in total. The first-order chi connectivity index (χ1) is 13.5. The average molecular weight is 380 g/mol. The highest BCUT2D eigenvalue weighted by molar-refractivity contribution is 5.80. The van der Waals surface area contributed by atoms with Crippen molar-refractivity contribution in [1.29, 1.82) is 0 Å². The lowest BCUT2D eigenvalue weighted by Crippen LogP contribution is -2.41. The van der Waals surface area contributed by atoms with Crippen LogP contribution in [0.2, 0.25) is 0 Å². The summed E-state index contributed by atoms with van der Waals surface area (Å²) in [6, 6.07) is 15.5. The van der Waals surface area contributed by atoms with E-state index in [4.69, 9.17) is 4.74 Å². The Morgan fingerprint density at radius 2 is 1.89 bits per heavy atom. The third kappa shape index (κ3) is 4.53. The summed E-state index contributed by atoms with van der Waals surface area (Å²) in [5.41, 5.74) is 3.31. The molecular weight excluding hydrogens is 352 g/mol. The summed E-state index contributed by atoms with van der Waals surface area (Å²) in [4.78, 5) is 26.7. The lowest BCUT2D eigenvalue weighted by Gasteiger charge is -2.36. The summed E-state index contributed by atoms with van der Waals surface area (Å²) in [6.07, 6.45) is 1.09. The number of ether oxygens (including phenoxy) is 1. The molecule has 1 aliphatic heterocycles. The van der Waals surface area contributed by atoms with Crippen LogP contribution in [0, 0.1) is 0 Å². The molecule has 5 heteroatoms. The highest BCUT2D eigenvalue weighted by atomic mass is 16.5. The molecule has 1 aliphatic rings. The van der Waals surface area contributed by atoms with Gasteiger partial charge in [-0.05, 0) is 49.1 Å². The van der Waals surface area contributed by atoms with Gasteiger partial charge in [0.15, 0.2) is 0 Å². The van der Waals surface area contributed by atoms with Crippen LogP contribution in [0.4, 0.5) is 0 Å². The maximum Gasteiger partial charge on any atom is 0.222 e. The van der Waals surface area contributed by atoms with E-state index in [0.717, 1.165) is 23.3 Å². The second-order valence-corrected chi connectivity index (χ2v) is 7.17. The zero-order chi connectivity index (χ0) is 20.1. The van der Waals surface area contributed by atoms with Gasteiger partial charge in [0.1, 0.15) is 5.75 Å². The molecule has 2 amide bonds. The van der Waals surface area contributed by atoms with Crippen LogP contribution in [0.15, 0.2) is 48.5 Å². The molecule has 0 radical (unpaired) electrons. The van der Waals surface area contributed by atoms with E-state index in [2.05, 4.69) is 11.4 Å². The Bertz CT molecular complexity index is 832. The average Bonchev–Trinajstić information content (AvgIpc) is 2.68. The topological polar surface area (TPSA) is 58.6 Å². The fourth-order valence-electron chi connectivity index (χ4n) is 3.83. The number of nitrogens with zero attached hydrogens (tertiary/aromatic N) is 1. The zero-order valence-electron chi connectivity index (χ0n) is 16.8. The van der Waals surface area contributed by atoms with Gasteiger partial charge >= 0.3 is 0 Å². The monoisotopic (exact) mass is 380 g/mol. The number of carbonyl (C=O) groups is 2. The number of hydrogen-bond donors (Lipinski definition) is 1. The predicted octanol–water partition coefficient (Wildman–Crippen LogP) is 3.80. The Morgan fingerprint density at radius 3 is 2.57 bits per heavy atom. The molecule has 0 saturated heterocycles. The Labute approximate surface area is 166 Å². The summed E-state index contributed by atoms with van der Waals surface area (Å²) < 4.78 is 5.46. The fraction of sp³-hybridized carbons (Fsp3) is 0.391. The first kappa shape index (κ1) is 19.9. The second-order valence-electron chi connectivity index (χ2n) is 7.17. The number of carbonyl (C=O) groups excluding carboxylic acids is 2. The SMILES string of the molecule is CCOc1ccc(C(C)NC(=O)CC2c3ccccc3CCN2C(C)=O)cc1. The number of amides is 2. The van der Waals surface area contributed by atoms with Gasteiger partial charge in [0.25, 0.3) is 0 Å². The van der Waals surface area contributed by atoms with Crippen LogP contribution in [0.3, 0.4) is 0 Å². The van der Waals surface area contributed by atoms with Gasteiger partial charge in [0.05, 0.1) is 25.1 Å². The Hall–Kier alpha value is -2.82. The van der Waals surface area contributed by atoms with Crippen LogP contribution in [0.1, 0.15) is 56.0 Å². The van der Waals surface area contributed by atoms with Gasteiger partial charge < -0.3 is 15.0 Å². The maximum atomic E-state index is 12.8. The molecule has 0 bridgehead atoms. The summed E-state index contributed by atoms with van der Waals surface area (Å²) in [7, 11) is 0. The molecule has 1 N–H and O–H groups in total. The summed E-state index contributed by atoms with van der Waals surface area (Å²) in [5, 5.41) is 3.07. The van der Waals surface area contributed by atoms with E-state index < -0.39 is 0 Å². The van der Waals surface area contributed by atoms with Crippen molar-refractivity contribution < 1.29 is 14.3 Å². The molecule has 2 unspecified atom stereocenters. The number of benzene rings is 2. The summed E-state index contributed by atoms with van der Waals surface area (Å²) >= 11 is 0. The molecule has 0 aromatic heterocycles. The minimum absolute atomic E-state index is 0.00636. The second kappa shape index (κ2) is 8.91. The van der Waals surface area contributed by atoms with Gasteiger partial charge in [-0.1, -0.05) is 36.4 Å². The van der Waals surface area contributed by atoms with Crippen LogP contribution >= 0.6 is 0 Å². The lowest BCUT2D eigenvalue weighted by molar-refractivity contribution is -0.133. The molecule has 0 aliphatic carbocycles. The lowest BCUT2D eigenvalue weighted by atomic mass is 9.90. The Morgan fingerprint density at radius 1 is 1.18 bits per heavy atom. The van der Waals surface area contributed by atoms with Gasteiger partial charge in [0.2, 0.25) is 11.8 Å². The molecule has 3 rings (SSSR count). The molecule has 0 fully saturated rings. The number of rotatable bonds is 6. The Kier molecular flexibility index (Phi) is 6.34. The molecule has 148 valence electrons. The van der Waals surface area contributed by atoms with E-state index in [1.807, 2.05) is 61.2 Å². The third-order valence-electron chi connectivity index (χ3n) is 5.26. The van der Waals surface area contributed by atoms with Crippen molar-refractivity contribution in [2.45, 2.75) is 45.7 Å². The van der Waals surface area contributed by atoms with Crippen molar-refractivity contribution >= 4 is 11.8 Å². The van der Waals surface area contributed by atoms with Gasteiger partial charge in [-0.3, -0.25) is 9.59 Å². The van der Waals surface area contributed by atoms with Crippen molar-refractivity contribution in [3.8, 4) is 5.75 Å². The van der Waals surface area contributed by atoms with Crippen molar-refractivity contribution in [3.63, 3.8) is 0 Å². The maximum absolute atomic E-state index is 12.8. The normalized spacial score (nSPS) is 16.8. The van der Waals surface area contributed by atoms with Gasteiger partial charge in [0, 0.05) is 13.5 Å². The molecule has 2 atom stereocenters. The van der Waals surface area contributed by atoms with Crippen molar-refractivity contribution in [3.05, 3.63) is 65.2 Å². The van der Waals surface area contributed by atoms with Crippen molar-refractivity contribution in [1.82, 2.24) is 10.2 Å². The smallest absolute Gasteiger partial charge is 0.222 e. The standard InChI is InChI=1S/C23H28N2O3/c1-4-28-20-11-9-18(10-12-20)16(2)24-23(27)15-22-21-8-6-5-7-19(21)13-14-25(22)17(3)26/h5-12,16,22H,4,13-15H2,1-3H3,(H,24,27). The molecule has 28 heavy (non-hydrogen) atoms. The van der Waals surface area contributed by atoms with Crippen LogP contribution in [0.25, 0.3) is 0 Å². The van der Waals surface area contributed by atoms with Crippen molar-refractivity contribution in [2.24, 2.45) is 0 Å². The quantitative estimate of drug-likeness (QED) is 0.829. The van der Waals surface area contributed by atoms with E-state index in [9.17, 15) is 9.59 Å². The molecular formula is C23H28N2O3. The predicted molar refractivity (Wildman–Crippen MR) is 109 cm³/mol. The minimum atomic E-state index is -0.213. The van der Waals surface area contributed by atoms with E-state index in [-0.39, 0.29) is 30.3 Å². The van der Waals surface area contributed by atoms with E-state index in [1.54, 1.807) is 6.92 Å². The highest BCUT2D eigenvalue weighted by Crippen LogP contribution is 2.32. The van der Waals surface area contributed by atoms with Crippen LogP contribution in [-0.2, 0) is 16.0 Å². The fourth-order valence-corrected chi connectivity index (χ4v) is 3.83.